The van der Waals surface area contributed by atoms with Crippen LogP contribution in [0.5, 0.6) is 0 Å². The van der Waals surface area contributed by atoms with Crippen molar-refractivity contribution in [1.82, 2.24) is 14.8 Å². The SMILES string of the molecule is C[C@]1(C(=O)NC2CCCCC2)Cn2c(cc3occc32)C(=O)N1C1CCCCC1. The summed E-state index contributed by atoms with van der Waals surface area (Å²) in [6.45, 7) is 2.44. The Bertz CT molecular complexity index is 917. The van der Waals surface area contributed by atoms with E-state index in [4.69, 9.17) is 4.42 Å². The van der Waals surface area contributed by atoms with Gasteiger partial charge >= 0.3 is 0 Å². The number of furan rings is 1. The summed E-state index contributed by atoms with van der Waals surface area (Å²) in [6, 6.07) is 4.10. The van der Waals surface area contributed by atoms with Gasteiger partial charge in [0, 0.05) is 24.2 Å². The van der Waals surface area contributed by atoms with E-state index in [0.29, 0.717) is 17.8 Å². The minimum absolute atomic E-state index is 0.000631. The second-order valence-electron chi connectivity index (χ2n) is 9.34. The highest BCUT2D eigenvalue weighted by Gasteiger charge is 2.51. The fraction of sp³-hybridized carbons (Fsp3) is 0.652. The first-order valence-electron chi connectivity index (χ1n) is 11.3. The second-order valence-corrected chi connectivity index (χ2v) is 9.34. The van der Waals surface area contributed by atoms with Gasteiger partial charge in [0.1, 0.15) is 11.2 Å². The maximum Gasteiger partial charge on any atom is 0.271 e. The smallest absolute Gasteiger partial charge is 0.271 e. The lowest BCUT2D eigenvalue weighted by molar-refractivity contribution is -0.135. The molecule has 0 spiro atoms. The van der Waals surface area contributed by atoms with Crippen LogP contribution in [-0.2, 0) is 11.3 Å². The molecule has 1 aliphatic heterocycles. The van der Waals surface area contributed by atoms with E-state index >= 15 is 0 Å². The average molecular weight is 398 g/mol. The number of fused-ring (bicyclic) bond motifs is 3. The van der Waals surface area contributed by atoms with E-state index in [-0.39, 0.29) is 23.9 Å². The minimum atomic E-state index is -0.882. The summed E-state index contributed by atoms with van der Waals surface area (Å²) in [7, 11) is 0. The maximum atomic E-state index is 13.7. The molecule has 1 atom stereocenters. The van der Waals surface area contributed by atoms with E-state index in [2.05, 4.69) is 5.32 Å². The summed E-state index contributed by atoms with van der Waals surface area (Å²) in [5.74, 6) is -0.0323. The number of aromatic nitrogens is 1. The number of rotatable bonds is 3. The Balaban J connectivity index is 1.53. The van der Waals surface area contributed by atoms with E-state index in [0.717, 1.165) is 44.0 Å². The fourth-order valence-corrected chi connectivity index (χ4v) is 5.73. The molecule has 2 fully saturated rings. The third kappa shape index (κ3) is 3.08. The lowest BCUT2D eigenvalue weighted by atomic mass is 9.86. The highest BCUT2D eigenvalue weighted by molar-refractivity contribution is 6.03. The highest BCUT2D eigenvalue weighted by atomic mass is 16.3. The Labute approximate surface area is 171 Å². The molecule has 6 heteroatoms. The molecule has 2 saturated carbocycles. The van der Waals surface area contributed by atoms with E-state index < -0.39 is 5.54 Å². The van der Waals surface area contributed by atoms with Crippen LogP contribution in [0.3, 0.4) is 0 Å². The maximum absolute atomic E-state index is 13.7. The zero-order valence-electron chi connectivity index (χ0n) is 17.3. The summed E-state index contributed by atoms with van der Waals surface area (Å²) in [4.78, 5) is 29.3. The zero-order chi connectivity index (χ0) is 20.0. The van der Waals surface area contributed by atoms with Crippen molar-refractivity contribution in [2.75, 3.05) is 0 Å². The zero-order valence-corrected chi connectivity index (χ0v) is 17.3. The molecule has 2 aromatic heterocycles. The number of hydrogen-bond acceptors (Lipinski definition) is 3. The molecule has 2 amide bonds. The molecule has 2 aromatic rings. The first-order valence-corrected chi connectivity index (χ1v) is 11.3. The van der Waals surface area contributed by atoms with Gasteiger partial charge in [-0.15, -0.1) is 0 Å². The Hall–Kier alpha value is -2.24. The molecular formula is C23H31N3O3. The van der Waals surface area contributed by atoms with Crippen molar-refractivity contribution in [1.29, 1.82) is 0 Å². The van der Waals surface area contributed by atoms with Gasteiger partial charge in [-0.1, -0.05) is 38.5 Å². The summed E-state index contributed by atoms with van der Waals surface area (Å²) in [6.07, 6.45) is 12.7. The molecule has 29 heavy (non-hydrogen) atoms. The normalized spacial score (nSPS) is 26.7. The quantitative estimate of drug-likeness (QED) is 0.843. The van der Waals surface area contributed by atoms with Crippen molar-refractivity contribution in [3.05, 3.63) is 24.1 Å². The fourth-order valence-electron chi connectivity index (χ4n) is 5.73. The molecule has 0 unspecified atom stereocenters. The van der Waals surface area contributed by atoms with Crippen LogP contribution in [0.2, 0.25) is 0 Å². The van der Waals surface area contributed by atoms with Crippen LogP contribution < -0.4 is 5.32 Å². The van der Waals surface area contributed by atoms with Crippen LogP contribution in [0, 0.1) is 0 Å². The van der Waals surface area contributed by atoms with Crippen LogP contribution in [0.1, 0.15) is 81.6 Å². The van der Waals surface area contributed by atoms with E-state index in [1.165, 1.54) is 25.7 Å². The number of hydrogen-bond donors (Lipinski definition) is 1. The van der Waals surface area contributed by atoms with Gasteiger partial charge in [0.25, 0.3) is 5.91 Å². The van der Waals surface area contributed by atoms with E-state index in [9.17, 15) is 9.59 Å². The Kier molecular flexibility index (Phi) is 4.67. The van der Waals surface area contributed by atoms with Crippen LogP contribution >= 0.6 is 0 Å². The molecule has 6 nitrogen and oxygen atoms in total. The Morgan fingerprint density at radius 1 is 1.10 bits per heavy atom. The number of carbonyl (C=O) groups is 2. The van der Waals surface area contributed by atoms with Crippen molar-refractivity contribution in [2.45, 2.75) is 95.3 Å². The first-order chi connectivity index (χ1) is 14.1. The topological polar surface area (TPSA) is 67.5 Å². The average Bonchev–Trinajstić information content (AvgIpc) is 3.32. The lowest BCUT2D eigenvalue weighted by Gasteiger charge is -2.49. The third-order valence-corrected chi connectivity index (χ3v) is 7.33. The second kappa shape index (κ2) is 7.22. The molecule has 0 radical (unpaired) electrons. The van der Waals surface area contributed by atoms with Gasteiger partial charge in [-0.3, -0.25) is 9.59 Å². The first kappa shape index (κ1) is 18.8. The largest absolute Gasteiger partial charge is 0.463 e. The third-order valence-electron chi connectivity index (χ3n) is 7.33. The van der Waals surface area contributed by atoms with Gasteiger partial charge < -0.3 is 19.2 Å². The molecule has 0 saturated heterocycles. The molecule has 5 rings (SSSR count). The van der Waals surface area contributed by atoms with Crippen molar-refractivity contribution in [3.63, 3.8) is 0 Å². The molecule has 3 aliphatic rings. The monoisotopic (exact) mass is 397 g/mol. The molecule has 3 heterocycles. The molecule has 1 N–H and O–H groups in total. The number of nitrogens with zero attached hydrogens (tertiary/aromatic N) is 2. The molecule has 0 aromatic carbocycles. The van der Waals surface area contributed by atoms with E-state index in [1.54, 1.807) is 6.26 Å². The van der Waals surface area contributed by atoms with Crippen LogP contribution in [0.15, 0.2) is 22.8 Å². The van der Waals surface area contributed by atoms with Crippen molar-refractivity contribution < 1.29 is 14.0 Å². The number of amides is 2. The van der Waals surface area contributed by atoms with Crippen LogP contribution in [0.25, 0.3) is 11.1 Å². The summed E-state index contributed by atoms with van der Waals surface area (Å²) < 4.78 is 7.54. The van der Waals surface area contributed by atoms with Gasteiger partial charge in [-0.05, 0) is 32.6 Å². The predicted molar refractivity (Wildman–Crippen MR) is 111 cm³/mol. The summed E-state index contributed by atoms with van der Waals surface area (Å²) in [5.41, 5.74) is 1.38. The standard InChI is InChI=1S/C23H31N3O3/c1-23(22(28)24-16-8-4-2-5-9-16)15-25-18-12-13-29-20(18)14-19(25)21(27)26(23)17-10-6-3-7-11-17/h12-14,16-17H,2-11,15H2,1H3,(H,24,28)/t23-/m1/s1. The van der Waals surface area contributed by atoms with Crippen molar-refractivity contribution in [3.8, 4) is 0 Å². The van der Waals surface area contributed by atoms with Gasteiger partial charge in [-0.25, -0.2) is 0 Å². The van der Waals surface area contributed by atoms with Gasteiger partial charge in [0.15, 0.2) is 5.58 Å². The minimum Gasteiger partial charge on any atom is -0.463 e. The van der Waals surface area contributed by atoms with Crippen LogP contribution in [0.4, 0.5) is 0 Å². The molecule has 0 bridgehead atoms. The van der Waals surface area contributed by atoms with Crippen molar-refractivity contribution in [2.24, 2.45) is 0 Å². The lowest BCUT2D eigenvalue weighted by Crippen LogP contribution is -2.67. The summed E-state index contributed by atoms with van der Waals surface area (Å²) >= 11 is 0. The van der Waals surface area contributed by atoms with Gasteiger partial charge in [0.2, 0.25) is 5.91 Å². The molecular weight excluding hydrogens is 366 g/mol. The molecule has 2 aliphatic carbocycles. The van der Waals surface area contributed by atoms with Gasteiger partial charge in [0.05, 0.1) is 18.3 Å². The highest BCUT2D eigenvalue weighted by Crippen LogP contribution is 2.37. The summed E-state index contributed by atoms with van der Waals surface area (Å²) in [5, 5.41) is 3.31. The number of nitrogens with one attached hydrogen (secondary N) is 1. The Morgan fingerprint density at radius 2 is 1.79 bits per heavy atom. The van der Waals surface area contributed by atoms with Crippen LogP contribution in [-0.4, -0.2) is 38.9 Å². The predicted octanol–water partition coefficient (Wildman–Crippen LogP) is 4.23. The Morgan fingerprint density at radius 3 is 2.52 bits per heavy atom. The number of carbonyl (C=O) groups excluding carboxylic acids is 2. The van der Waals surface area contributed by atoms with Crippen molar-refractivity contribution >= 4 is 22.9 Å². The molecule has 156 valence electrons. The van der Waals surface area contributed by atoms with Gasteiger partial charge in [-0.2, -0.15) is 0 Å². The van der Waals surface area contributed by atoms with E-state index in [1.807, 2.05) is 28.5 Å².